The van der Waals surface area contributed by atoms with E-state index in [-0.39, 0.29) is 47.7 Å². The zero-order valence-corrected chi connectivity index (χ0v) is 29.3. The number of likely N-dealkylation sites (N-methyl/N-ethyl adjacent to an activating group) is 2. The van der Waals surface area contributed by atoms with E-state index in [4.69, 9.17) is 0 Å². The van der Waals surface area contributed by atoms with Gasteiger partial charge in [-0.15, -0.1) is 0 Å². The van der Waals surface area contributed by atoms with Crippen molar-refractivity contribution in [3.8, 4) is 0 Å². The summed E-state index contributed by atoms with van der Waals surface area (Å²) in [7, 11) is 3.82. The summed E-state index contributed by atoms with van der Waals surface area (Å²) in [6.07, 6.45) is 6.01. The van der Waals surface area contributed by atoms with Crippen LogP contribution in [0.2, 0.25) is 0 Å². The van der Waals surface area contributed by atoms with Crippen LogP contribution in [0.15, 0.2) is 30.3 Å². The maximum Gasteiger partial charge on any atom is 0.245 e. The van der Waals surface area contributed by atoms with E-state index in [1.165, 1.54) is 0 Å². The largest absolute Gasteiger partial charge is 0.350 e. The molecular formula is C36H58N6O4. The number of amides is 4. The molecule has 3 aliphatic rings. The van der Waals surface area contributed by atoms with Crippen molar-refractivity contribution >= 4 is 23.6 Å². The van der Waals surface area contributed by atoms with Crippen LogP contribution in [0.25, 0.3) is 0 Å². The molecule has 1 aromatic carbocycles. The maximum absolute atomic E-state index is 14.2. The van der Waals surface area contributed by atoms with Gasteiger partial charge in [-0.05, 0) is 75.6 Å². The van der Waals surface area contributed by atoms with Gasteiger partial charge in [0.15, 0.2) is 0 Å². The number of carbonyl (C=O) groups excluding carboxylic acids is 4. The monoisotopic (exact) mass is 638 g/mol. The molecule has 3 fully saturated rings. The van der Waals surface area contributed by atoms with Crippen molar-refractivity contribution < 1.29 is 19.2 Å². The van der Waals surface area contributed by atoms with Crippen molar-refractivity contribution in [3.05, 3.63) is 35.9 Å². The third-order valence-electron chi connectivity index (χ3n) is 10.3. The van der Waals surface area contributed by atoms with Gasteiger partial charge in [0.25, 0.3) is 0 Å². The Morgan fingerprint density at radius 2 is 1.52 bits per heavy atom. The molecule has 4 amide bonds. The molecule has 46 heavy (non-hydrogen) atoms. The molecule has 2 N–H and O–H groups in total. The summed E-state index contributed by atoms with van der Waals surface area (Å²) in [4.78, 5) is 62.7. The highest BCUT2D eigenvalue weighted by Gasteiger charge is 2.43. The van der Waals surface area contributed by atoms with E-state index in [1.54, 1.807) is 9.80 Å². The van der Waals surface area contributed by atoms with Gasteiger partial charge in [-0.2, -0.15) is 0 Å². The lowest BCUT2D eigenvalue weighted by Gasteiger charge is -2.41. The molecule has 5 atom stereocenters. The molecule has 0 bridgehead atoms. The van der Waals surface area contributed by atoms with E-state index in [1.807, 2.05) is 65.2 Å². The summed E-state index contributed by atoms with van der Waals surface area (Å²) in [6, 6.07) is 8.01. The van der Waals surface area contributed by atoms with Crippen molar-refractivity contribution in [2.45, 2.75) is 116 Å². The average molecular weight is 639 g/mol. The highest BCUT2D eigenvalue weighted by Crippen LogP contribution is 2.28. The predicted molar refractivity (Wildman–Crippen MR) is 181 cm³/mol. The fourth-order valence-electron chi connectivity index (χ4n) is 7.40. The lowest BCUT2D eigenvalue weighted by molar-refractivity contribution is -0.144. The summed E-state index contributed by atoms with van der Waals surface area (Å²) < 4.78 is 0. The molecule has 10 nitrogen and oxygen atoms in total. The molecule has 3 aliphatic heterocycles. The minimum absolute atomic E-state index is 0.0165. The van der Waals surface area contributed by atoms with Gasteiger partial charge in [0, 0.05) is 32.7 Å². The smallest absolute Gasteiger partial charge is 0.245 e. The molecule has 10 heteroatoms. The molecule has 3 heterocycles. The molecule has 0 aromatic heterocycles. The van der Waals surface area contributed by atoms with Crippen LogP contribution in [-0.2, 0) is 25.7 Å². The molecule has 0 spiro atoms. The lowest BCUT2D eigenvalue weighted by atomic mass is 9.84. The Kier molecular flexibility index (Phi) is 12.3. The summed E-state index contributed by atoms with van der Waals surface area (Å²) in [5.74, 6) is -0.130. The predicted octanol–water partition coefficient (Wildman–Crippen LogP) is 3.26. The third-order valence-corrected chi connectivity index (χ3v) is 10.3. The van der Waals surface area contributed by atoms with Gasteiger partial charge in [-0.25, -0.2) is 0 Å². The number of benzene rings is 1. The van der Waals surface area contributed by atoms with Gasteiger partial charge in [-0.3, -0.25) is 29.0 Å². The van der Waals surface area contributed by atoms with E-state index in [0.717, 1.165) is 57.2 Å². The molecule has 0 aliphatic carbocycles. The molecule has 3 saturated heterocycles. The van der Waals surface area contributed by atoms with Gasteiger partial charge in [0.2, 0.25) is 23.6 Å². The topological polar surface area (TPSA) is 105 Å². The molecule has 2 unspecified atom stereocenters. The number of rotatable bonds is 11. The lowest BCUT2D eigenvalue weighted by Crippen LogP contribution is -2.61. The van der Waals surface area contributed by atoms with Crippen molar-refractivity contribution in [2.75, 3.05) is 40.3 Å². The molecule has 0 radical (unpaired) electrons. The molecular weight excluding hydrogens is 580 g/mol. The van der Waals surface area contributed by atoms with Crippen molar-refractivity contribution in [2.24, 2.45) is 11.3 Å². The Balaban J connectivity index is 1.42. The Morgan fingerprint density at radius 1 is 0.870 bits per heavy atom. The van der Waals surface area contributed by atoms with Crippen LogP contribution in [0.5, 0.6) is 0 Å². The SMILES string of the molecule is CC(C)[C@@H](CN1CCCC1C(=O)N1CCCC1C(=O)NCc1ccccc1)N(C)C(=O)[C@@H](NC(=O)[C@H]1CCCCN1C)C(C)(C)C. The van der Waals surface area contributed by atoms with E-state index < -0.39 is 17.5 Å². The molecule has 1 aromatic rings. The van der Waals surface area contributed by atoms with Crippen LogP contribution in [-0.4, -0.2) is 114 Å². The Bertz CT molecular complexity index is 1200. The number of nitrogens with zero attached hydrogens (tertiary/aromatic N) is 4. The van der Waals surface area contributed by atoms with Crippen LogP contribution >= 0.6 is 0 Å². The molecule has 256 valence electrons. The zero-order valence-electron chi connectivity index (χ0n) is 29.3. The van der Waals surface area contributed by atoms with Crippen molar-refractivity contribution in [1.29, 1.82) is 0 Å². The fraction of sp³-hybridized carbons (Fsp3) is 0.722. The van der Waals surface area contributed by atoms with E-state index >= 15 is 0 Å². The minimum atomic E-state index is -0.669. The number of piperidine rings is 1. The number of hydrogen-bond donors (Lipinski definition) is 2. The third kappa shape index (κ3) is 8.68. The van der Waals surface area contributed by atoms with Crippen LogP contribution in [0.4, 0.5) is 0 Å². The van der Waals surface area contributed by atoms with Gasteiger partial charge in [0.1, 0.15) is 12.1 Å². The fourth-order valence-corrected chi connectivity index (χ4v) is 7.40. The van der Waals surface area contributed by atoms with E-state index in [0.29, 0.717) is 26.1 Å². The van der Waals surface area contributed by atoms with E-state index in [9.17, 15) is 19.2 Å². The Morgan fingerprint density at radius 3 is 2.17 bits per heavy atom. The van der Waals surface area contributed by atoms with Crippen molar-refractivity contribution in [1.82, 2.24) is 30.2 Å². The Hall–Kier alpha value is -2.98. The number of nitrogens with one attached hydrogen (secondary N) is 2. The quantitative estimate of drug-likeness (QED) is 0.386. The summed E-state index contributed by atoms with van der Waals surface area (Å²) in [6.45, 7) is 13.4. The van der Waals surface area contributed by atoms with Crippen LogP contribution in [0.3, 0.4) is 0 Å². The summed E-state index contributed by atoms with van der Waals surface area (Å²) >= 11 is 0. The molecule has 0 saturated carbocycles. The van der Waals surface area contributed by atoms with Crippen LogP contribution in [0, 0.1) is 11.3 Å². The van der Waals surface area contributed by atoms with Crippen molar-refractivity contribution in [3.63, 3.8) is 0 Å². The van der Waals surface area contributed by atoms with Gasteiger partial charge >= 0.3 is 0 Å². The second-order valence-corrected chi connectivity index (χ2v) is 15.1. The van der Waals surface area contributed by atoms with Gasteiger partial charge in [-0.1, -0.05) is 71.4 Å². The van der Waals surface area contributed by atoms with Gasteiger partial charge in [0.05, 0.1) is 12.1 Å². The minimum Gasteiger partial charge on any atom is -0.350 e. The number of hydrogen-bond acceptors (Lipinski definition) is 6. The Labute approximate surface area is 276 Å². The second-order valence-electron chi connectivity index (χ2n) is 15.1. The first kappa shape index (κ1) is 35.9. The van der Waals surface area contributed by atoms with Gasteiger partial charge < -0.3 is 20.4 Å². The summed E-state index contributed by atoms with van der Waals surface area (Å²) in [5.41, 5.74) is 0.551. The van der Waals surface area contributed by atoms with Crippen LogP contribution in [0.1, 0.15) is 85.1 Å². The number of likely N-dealkylation sites (tertiary alicyclic amines) is 3. The normalized spacial score (nSPS) is 24.1. The first-order valence-corrected chi connectivity index (χ1v) is 17.4. The standard InChI is InChI=1S/C36H58N6O4/c1-25(2)30(40(7)35(46)31(36(3,4)5)38-33(44)27-17-11-12-20-39(27)6)24-41-21-13-19-29(41)34(45)42-22-14-18-28(42)32(43)37-23-26-15-9-8-10-16-26/h8-10,15-16,25,27-31H,11-14,17-24H2,1-7H3,(H,37,43)(H,38,44)/t27-,28?,29?,30-,31-/m1/s1. The number of carbonyl (C=O) groups is 4. The van der Waals surface area contributed by atoms with Crippen LogP contribution < -0.4 is 10.6 Å². The average Bonchev–Trinajstić information content (AvgIpc) is 3.70. The highest BCUT2D eigenvalue weighted by molar-refractivity contribution is 5.91. The highest BCUT2D eigenvalue weighted by atomic mass is 16.2. The maximum atomic E-state index is 14.2. The van der Waals surface area contributed by atoms with E-state index in [2.05, 4.69) is 34.3 Å². The first-order valence-electron chi connectivity index (χ1n) is 17.4. The summed E-state index contributed by atoms with van der Waals surface area (Å²) in [5, 5.41) is 6.18. The first-order chi connectivity index (χ1) is 21.8. The zero-order chi connectivity index (χ0) is 33.6. The molecule has 4 rings (SSSR count). The second kappa shape index (κ2) is 15.7.